The third-order valence-electron chi connectivity index (χ3n) is 5.85. The van der Waals surface area contributed by atoms with Crippen LogP contribution in [0.3, 0.4) is 0 Å². The fourth-order valence-electron chi connectivity index (χ4n) is 3.66. The quantitative estimate of drug-likeness (QED) is 0.114. The molecule has 14 heteroatoms. The molecule has 0 bridgehead atoms. The first-order valence-corrected chi connectivity index (χ1v) is 14.1. The molecule has 0 unspecified atom stereocenters. The number of hydrazone groups is 1. The number of amides is 2. The highest BCUT2D eigenvalue weighted by atomic mass is 35.5. The number of nitro benzene ring substituents is 1. The molecule has 1 aromatic heterocycles. The van der Waals surface area contributed by atoms with E-state index in [9.17, 15) is 28.1 Å². The van der Waals surface area contributed by atoms with Gasteiger partial charge in [0.2, 0.25) is 10.0 Å². The van der Waals surface area contributed by atoms with Crippen molar-refractivity contribution < 1.29 is 27.3 Å². The summed E-state index contributed by atoms with van der Waals surface area (Å²) in [6.45, 7) is 1.91. The second kappa shape index (κ2) is 13.2. The third-order valence-corrected chi connectivity index (χ3v) is 7.90. The Kier molecular flexibility index (Phi) is 9.47. The Morgan fingerprint density at radius 1 is 0.952 bits per heavy atom. The molecule has 0 aliphatic heterocycles. The maximum Gasteiger partial charge on any atom is 0.329 e. The second-order valence-corrected chi connectivity index (χ2v) is 11.3. The molecule has 4 aromatic rings. The van der Waals surface area contributed by atoms with Crippen LogP contribution in [-0.2, 0) is 32.7 Å². The Balaban J connectivity index is 1.42. The van der Waals surface area contributed by atoms with Crippen LogP contribution in [0.1, 0.15) is 22.6 Å². The summed E-state index contributed by atoms with van der Waals surface area (Å²) < 4.78 is 34.0. The minimum absolute atomic E-state index is 0.0714. The number of benzene rings is 3. The minimum Gasteiger partial charge on any atom is -0.459 e. The number of nitro groups is 1. The van der Waals surface area contributed by atoms with Gasteiger partial charge in [0, 0.05) is 29.4 Å². The van der Waals surface area contributed by atoms with Crippen LogP contribution < -0.4 is 10.7 Å². The highest BCUT2D eigenvalue weighted by molar-refractivity contribution is 7.89. The van der Waals surface area contributed by atoms with E-state index >= 15 is 0 Å². The first-order valence-electron chi connectivity index (χ1n) is 12.3. The van der Waals surface area contributed by atoms with E-state index in [0.29, 0.717) is 10.8 Å². The van der Waals surface area contributed by atoms with Gasteiger partial charge in [-0.3, -0.25) is 19.7 Å². The van der Waals surface area contributed by atoms with Crippen molar-refractivity contribution >= 4 is 51.0 Å². The normalized spacial score (nSPS) is 11.5. The molecule has 42 heavy (non-hydrogen) atoms. The zero-order chi connectivity index (χ0) is 30.3. The lowest BCUT2D eigenvalue weighted by Crippen LogP contribution is -2.32. The van der Waals surface area contributed by atoms with Crippen LogP contribution in [0, 0.1) is 17.0 Å². The molecule has 0 atom stereocenters. The highest BCUT2D eigenvalue weighted by Gasteiger charge is 2.26. The topological polar surface area (TPSA) is 164 Å². The number of non-ortho nitro benzene ring substituents is 1. The summed E-state index contributed by atoms with van der Waals surface area (Å²) in [7, 11) is -3.94. The van der Waals surface area contributed by atoms with E-state index in [1.807, 2.05) is 31.2 Å². The van der Waals surface area contributed by atoms with Crippen molar-refractivity contribution in [2.24, 2.45) is 5.10 Å². The number of furan rings is 1. The van der Waals surface area contributed by atoms with Crippen molar-refractivity contribution in [3.05, 3.63) is 123 Å². The number of rotatable bonds is 10. The monoisotopic (exact) mass is 609 g/mol. The number of nitrogens with zero attached hydrogens (tertiary/aromatic N) is 3. The number of anilines is 1. The van der Waals surface area contributed by atoms with E-state index in [1.165, 1.54) is 58.9 Å². The van der Waals surface area contributed by atoms with Crippen molar-refractivity contribution in [2.75, 3.05) is 5.32 Å². The lowest BCUT2D eigenvalue weighted by molar-refractivity contribution is -0.384. The van der Waals surface area contributed by atoms with Gasteiger partial charge in [0.1, 0.15) is 11.5 Å². The van der Waals surface area contributed by atoms with Gasteiger partial charge in [0.25, 0.3) is 5.69 Å². The number of hydrogen-bond acceptors (Lipinski definition) is 8. The van der Waals surface area contributed by atoms with Gasteiger partial charge in [-0.15, -0.1) is 0 Å². The molecule has 1 heterocycles. The number of halogens is 1. The van der Waals surface area contributed by atoms with Crippen LogP contribution in [0.25, 0.3) is 0 Å². The van der Waals surface area contributed by atoms with Gasteiger partial charge in [0.05, 0.1) is 22.6 Å². The molecule has 4 rings (SSSR count). The summed E-state index contributed by atoms with van der Waals surface area (Å²) in [6, 6.07) is 21.4. The molecule has 0 aliphatic rings. The lowest BCUT2D eigenvalue weighted by atomic mass is 10.1. The van der Waals surface area contributed by atoms with E-state index in [0.717, 1.165) is 17.3 Å². The number of hydrogen-bond donors (Lipinski definition) is 2. The minimum atomic E-state index is -3.94. The zero-order valence-electron chi connectivity index (χ0n) is 22.1. The number of nitrogens with one attached hydrogen (secondary N) is 2. The molecular formula is C28H24ClN5O7S. The summed E-state index contributed by atoms with van der Waals surface area (Å²) in [6.07, 6.45) is 1.15. The van der Waals surface area contributed by atoms with Gasteiger partial charge in [0.15, 0.2) is 0 Å². The SMILES string of the molecule is Cc1ccc(CN(Cc2ccc(/C=N/NC(=O)C(=O)Nc3ccc([N+](=O)[O-])cc3)o2)S(=O)(=O)c2ccc(Cl)cc2)cc1. The number of sulfonamides is 1. The van der Waals surface area contributed by atoms with E-state index in [2.05, 4.69) is 15.8 Å². The average Bonchev–Trinajstić information content (AvgIpc) is 3.41. The van der Waals surface area contributed by atoms with E-state index in [4.69, 9.17) is 16.0 Å². The lowest BCUT2D eigenvalue weighted by Gasteiger charge is -2.21. The van der Waals surface area contributed by atoms with Crippen molar-refractivity contribution in [1.29, 1.82) is 0 Å². The summed E-state index contributed by atoms with van der Waals surface area (Å²) in [5, 5.41) is 17.1. The Morgan fingerprint density at radius 3 is 2.26 bits per heavy atom. The third kappa shape index (κ3) is 7.87. The molecule has 2 amide bonds. The molecule has 216 valence electrons. The van der Waals surface area contributed by atoms with Crippen molar-refractivity contribution in [3.8, 4) is 0 Å². The molecule has 0 saturated carbocycles. The van der Waals surface area contributed by atoms with Crippen LogP contribution in [0.4, 0.5) is 11.4 Å². The first kappa shape index (κ1) is 30.1. The maximum atomic E-state index is 13.5. The molecule has 2 N–H and O–H groups in total. The van der Waals surface area contributed by atoms with Crippen molar-refractivity contribution in [3.63, 3.8) is 0 Å². The van der Waals surface area contributed by atoms with Crippen LogP contribution in [0.15, 0.2) is 99.3 Å². The summed E-state index contributed by atoms with van der Waals surface area (Å²) in [5.74, 6) is -1.63. The number of aryl methyl sites for hydroxylation is 1. The second-order valence-electron chi connectivity index (χ2n) is 8.97. The van der Waals surface area contributed by atoms with Crippen LogP contribution in [-0.4, -0.2) is 35.7 Å². The summed E-state index contributed by atoms with van der Waals surface area (Å²) in [5.41, 5.74) is 3.89. The molecule has 0 aliphatic carbocycles. The molecule has 0 spiro atoms. The predicted molar refractivity (Wildman–Crippen MR) is 155 cm³/mol. The Morgan fingerprint density at radius 2 is 1.62 bits per heavy atom. The Bertz CT molecular complexity index is 1720. The van der Waals surface area contributed by atoms with Gasteiger partial charge < -0.3 is 9.73 Å². The van der Waals surface area contributed by atoms with Crippen LogP contribution in [0.2, 0.25) is 5.02 Å². The van der Waals surface area contributed by atoms with Crippen molar-refractivity contribution in [1.82, 2.24) is 9.73 Å². The standard InChI is InChI=1S/C28H24ClN5O7S/c1-19-2-4-20(5-3-19)17-33(42(39,40)26-14-6-21(29)7-15-26)18-25-13-12-24(41-25)16-30-32-28(36)27(35)31-22-8-10-23(11-9-22)34(37)38/h2-16H,17-18H2,1H3,(H,31,35)(H,32,36)/b30-16+. The zero-order valence-corrected chi connectivity index (χ0v) is 23.6. The van der Waals surface area contributed by atoms with E-state index in [-0.39, 0.29) is 35.1 Å². The van der Waals surface area contributed by atoms with Gasteiger partial charge in [-0.2, -0.15) is 9.41 Å². The molecule has 0 radical (unpaired) electrons. The van der Waals surface area contributed by atoms with Crippen LogP contribution in [0.5, 0.6) is 0 Å². The Labute approximate surface area is 245 Å². The van der Waals surface area contributed by atoms with Gasteiger partial charge >= 0.3 is 11.8 Å². The van der Waals surface area contributed by atoms with Gasteiger partial charge in [-0.25, -0.2) is 13.8 Å². The maximum absolute atomic E-state index is 13.5. The fourth-order valence-corrected chi connectivity index (χ4v) is 5.18. The number of carbonyl (C=O) groups excluding carboxylic acids is 2. The molecule has 0 fully saturated rings. The predicted octanol–water partition coefficient (Wildman–Crippen LogP) is 4.63. The molecular weight excluding hydrogens is 586 g/mol. The largest absolute Gasteiger partial charge is 0.459 e. The number of carbonyl (C=O) groups is 2. The van der Waals surface area contributed by atoms with E-state index < -0.39 is 26.8 Å². The summed E-state index contributed by atoms with van der Waals surface area (Å²) in [4.78, 5) is 34.3. The fraction of sp³-hybridized carbons (Fsp3) is 0.107. The summed E-state index contributed by atoms with van der Waals surface area (Å²) >= 11 is 5.94. The Hall–Kier alpha value is -4.85. The van der Waals surface area contributed by atoms with Gasteiger partial charge in [-0.05, 0) is 61.0 Å². The molecule has 0 saturated heterocycles. The van der Waals surface area contributed by atoms with Gasteiger partial charge in [-0.1, -0.05) is 41.4 Å². The molecule has 12 nitrogen and oxygen atoms in total. The average molecular weight is 610 g/mol. The van der Waals surface area contributed by atoms with Crippen molar-refractivity contribution in [2.45, 2.75) is 24.9 Å². The highest BCUT2D eigenvalue weighted by Crippen LogP contribution is 2.23. The molecule has 3 aromatic carbocycles. The smallest absolute Gasteiger partial charge is 0.329 e. The van der Waals surface area contributed by atoms with E-state index in [1.54, 1.807) is 6.07 Å². The van der Waals surface area contributed by atoms with Crippen LogP contribution >= 0.6 is 11.6 Å². The first-order chi connectivity index (χ1) is 20.0.